The van der Waals surface area contributed by atoms with Gasteiger partial charge in [-0.05, 0) is 74.1 Å². The van der Waals surface area contributed by atoms with E-state index in [1.807, 2.05) is 0 Å². The van der Waals surface area contributed by atoms with Crippen molar-refractivity contribution in [3.8, 4) is 16.9 Å². The summed E-state index contributed by atoms with van der Waals surface area (Å²) in [4.78, 5) is 0. The summed E-state index contributed by atoms with van der Waals surface area (Å²) < 4.78 is 64.5. The molecule has 1 aliphatic carbocycles. The second-order valence-electron chi connectivity index (χ2n) is 9.41. The summed E-state index contributed by atoms with van der Waals surface area (Å²) in [5, 5.41) is 0. The molecular formula is C29H36F4O. The highest BCUT2D eigenvalue weighted by Crippen LogP contribution is 2.40. The zero-order chi connectivity index (χ0) is 24.5. The van der Waals surface area contributed by atoms with Gasteiger partial charge in [0.2, 0.25) is 5.82 Å². The Kier molecular flexibility index (Phi) is 10.0. The predicted octanol–water partition coefficient (Wildman–Crippen LogP) is 9.85. The van der Waals surface area contributed by atoms with Gasteiger partial charge in [-0.1, -0.05) is 58.1 Å². The van der Waals surface area contributed by atoms with E-state index in [-0.39, 0.29) is 22.8 Å². The van der Waals surface area contributed by atoms with Crippen LogP contribution in [-0.2, 0) is 0 Å². The van der Waals surface area contributed by atoms with Crippen LogP contribution in [0.1, 0.15) is 96.0 Å². The minimum atomic E-state index is -1.25. The molecular weight excluding hydrogens is 440 g/mol. The molecule has 1 nitrogen and oxygen atoms in total. The van der Waals surface area contributed by atoms with Crippen LogP contribution in [0.4, 0.5) is 17.6 Å². The van der Waals surface area contributed by atoms with E-state index in [1.165, 1.54) is 36.9 Å². The van der Waals surface area contributed by atoms with Crippen LogP contribution in [0.15, 0.2) is 36.6 Å². The zero-order valence-electron chi connectivity index (χ0n) is 20.3. The van der Waals surface area contributed by atoms with Crippen LogP contribution in [-0.4, -0.2) is 0 Å². The third-order valence-electron chi connectivity index (χ3n) is 6.95. The van der Waals surface area contributed by atoms with E-state index in [9.17, 15) is 17.6 Å². The first-order valence-electron chi connectivity index (χ1n) is 12.8. The van der Waals surface area contributed by atoms with E-state index < -0.39 is 23.3 Å². The van der Waals surface area contributed by atoms with Gasteiger partial charge < -0.3 is 4.74 Å². The van der Waals surface area contributed by atoms with Crippen LogP contribution in [0, 0.1) is 29.2 Å². The number of halogens is 4. The SMILES string of the molecule is CCCCCC/C=C/Oc1ccc(-c2ccc(C3CCC(CCC)CC3)c(F)c2F)c(F)c1F. The van der Waals surface area contributed by atoms with Crippen LogP contribution in [0.25, 0.3) is 11.1 Å². The first-order chi connectivity index (χ1) is 16.5. The lowest BCUT2D eigenvalue weighted by atomic mass is 9.77. The van der Waals surface area contributed by atoms with Gasteiger partial charge in [0.05, 0.1) is 6.26 Å². The molecule has 5 heteroatoms. The topological polar surface area (TPSA) is 9.23 Å². The predicted molar refractivity (Wildman–Crippen MR) is 130 cm³/mol. The first-order valence-corrected chi connectivity index (χ1v) is 12.8. The van der Waals surface area contributed by atoms with Crippen LogP contribution in [0.5, 0.6) is 5.75 Å². The third kappa shape index (κ3) is 6.43. The summed E-state index contributed by atoms with van der Waals surface area (Å²) in [5.41, 5.74) is -0.264. The second-order valence-corrected chi connectivity index (χ2v) is 9.41. The fourth-order valence-electron chi connectivity index (χ4n) is 4.97. The maximum absolute atomic E-state index is 15.0. The van der Waals surface area contributed by atoms with E-state index in [2.05, 4.69) is 13.8 Å². The molecule has 0 amide bonds. The van der Waals surface area contributed by atoms with Crippen molar-refractivity contribution in [3.63, 3.8) is 0 Å². The molecule has 0 spiro atoms. The van der Waals surface area contributed by atoms with Crippen molar-refractivity contribution in [2.45, 2.75) is 90.4 Å². The number of allylic oxidation sites excluding steroid dienone is 1. The molecule has 0 aliphatic heterocycles. The van der Waals surface area contributed by atoms with Crippen molar-refractivity contribution in [2.24, 2.45) is 5.92 Å². The molecule has 2 aromatic rings. The number of ether oxygens (including phenoxy) is 1. The van der Waals surface area contributed by atoms with Crippen molar-refractivity contribution in [1.29, 1.82) is 0 Å². The highest BCUT2D eigenvalue weighted by atomic mass is 19.2. The molecule has 0 heterocycles. The Morgan fingerprint density at radius 2 is 1.44 bits per heavy atom. The van der Waals surface area contributed by atoms with E-state index in [1.54, 1.807) is 6.08 Å². The maximum atomic E-state index is 15.0. The lowest BCUT2D eigenvalue weighted by Gasteiger charge is -2.29. The molecule has 2 aromatic carbocycles. The molecule has 3 rings (SSSR count). The zero-order valence-corrected chi connectivity index (χ0v) is 20.3. The monoisotopic (exact) mass is 476 g/mol. The summed E-state index contributed by atoms with van der Waals surface area (Å²) >= 11 is 0. The van der Waals surface area contributed by atoms with Crippen molar-refractivity contribution >= 4 is 0 Å². The van der Waals surface area contributed by atoms with Crippen molar-refractivity contribution in [2.75, 3.05) is 0 Å². The van der Waals surface area contributed by atoms with Gasteiger partial charge >= 0.3 is 0 Å². The molecule has 0 radical (unpaired) electrons. The first kappa shape index (κ1) is 26.3. The van der Waals surface area contributed by atoms with Crippen LogP contribution in [0.2, 0.25) is 0 Å². The van der Waals surface area contributed by atoms with Crippen molar-refractivity contribution in [3.05, 3.63) is 65.4 Å². The van der Waals surface area contributed by atoms with Crippen molar-refractivity contribution in [1.82, 2.24) is 0 Å². The normalized spacial score (nSPS) is 18.5. The number of benzene rings is 2. The fourth-order valence-corrected chi connectivity index (χ4v) is 4.97. The molecule has 0 atom stereocenters. The summed E-state index contributed by atoms with van der Waals surface area (Å²) in [6.07, 6.45) is 14.3. The molecule has 1 aliphatic rings. The molecule has 0 N–H and O–H groups in total. The van der Waals surface area contributed by atoms with E-state index in [0.717, 1.165) is 64.2 Å². The molecule has 0 saturated heterocycles. The average molecular weight is 477 g/mol. The molecule has 34 heavy (non-hydrogen) atoms. The standard InChI is InChI=1S/C29H36F4O/c1-3-5-6-7-8-9-19-34-25-18-17-24(28(32)29(25)33)23-16-15-22(26(30)27(23)31)21-13-11-20(10-4-2)12-14-21/h9,15-21H,3-8,10-14H2,1-2H3/b19-9+. The van der Waals surface area contributed by atoms with E-state index >= 15 is 0 Å². The minimum Gasteiger partial charge on any atom is -0.462 e. The van der Waals surface area contributed by atoms with Gasteiger partial charge in [0.25, 0.3) is 0 Å². The van der Waals surface area contributed by atoms with Gasteiger partial charge in [-0.15, -0.1) is 0 Å². The van der Waals surface area contributed by atoms with Crippen LogP contribution >= 0.6 is 0 Å². The molecule has 0 unspecified atom stereocenters. The van der Waals surface area contributed by atoms with Crippen molar-refractivity contribution < 1.29 is 22.3 Å². The van der Waals surface area contributed by atoms with Gasteiger partial charge in [-0.3, -0.25) is 0 Å². The smallest absolute Gasteiger partial charge is 0.201 e. The molecule has 1 saturated carbocycles. The summed E-state index contributed by atoms with van der Waals surface area (Å²) in [7, 11) is 0. The van der Waals surface area contributed by atoms with Gasteiger partial charge in [0.15, 0.2) is 23.2 Å². The maximum Gasteiger partial charge on any atom is 0.201 e. The summed E-state index contributed by atoms with van der Waals surface area (Å²) in [5.74, 6) is -4.22. The van der Waals surface area contributed by atoms with Gasteiger partial charge in [-0.25, -0.2) is 13.2 Å². The average Bonchev–Trinajstić information content (AvgIpc) is 2.84. The van der Waals surface area contributed by atoms with Crippen LogP contribution in [0.3, 0.4) is 0 Å². The number of hydrogen-bond acceptors (Lipinski definition) is 1. The van der Waals surface area contributed by atoms with E-state index in [4.69, 9.17) is 4.74 Å². The second kappa shape index (κ2) is 13.0. The Labute approximate surface area is 201 Å². The molecule has 1 fully saturated rings. The Hall–Kier alpha value is -2.30. The van der Waals surface area contributed by atoms with Gasteiger partial charge in [-0.2, -0.15) is 4.39 Å². The fraction of sp³-hybridized carbons (Fsp3) is 0.517. The molecule has 186 valence electrons. The Bertz CT molecular complexity index is 961. The lowest BCUT2D eigenvalue weighted by molar-refractivity contribution is 0.303. The van der Waals surface area contributed by atoms with E-state index in [0.29, 0.717) is 11.5 Å². The lowest BCUT2D eigenvalue weighted by Crippen LogP contribution is -2.15. The number of rotatable bonds is 11. The Morgan fingerprint density at radius 3 is 2.12 bits per heavy atom. The molecule has 0 bridgehead atoms. The number of hydrogen-bond donors (Lipinski definition) is 0. The Morgan fingerprint density at radius 1 is 0.765 bits per heavy atom. The van der Waals surface area contributed by atoms with Gasteiger partial charge in [0.1, 0.15) is 0 Å². The third-order valence-corrected chi connectivity index (χ3v) is 6.95. The summed E-state index contributed by atoms with van der Waals surface area (Å²) in [6.45, 7) is 4.29. The largest absolute Gasteiger partial charge is 0.462 e. The molecule has 0 aromatic heterocycles. The minimum absolute atomic E-state index is 0.0391. The number of unbranched alkanes of at least 4 members (excludes halogenated alkanes) is 4. The highest BCUT2D eigenvalue weighted by Gasteiger charge is 2.27. The van der Waals surface area contributed by atoms with Gasteiger partial charge in [0, 0.05) is 11.1 Å². The van der Waals surface area contributed by atoms with Crippen LogP contribution < -0.4 is 4.74 Å². The summed E-state index contributed by atoms with van der Waals surface area (Å²) in [6, 6.07) is 5.37. The Balaban J connectivity index is 1.71. The highest BCUT2D eigenvalue weighted by molar-refractivity contribution is 5.66. The quantitative estimate of drug-likeness (QED) is 0.178.